The lowest BCUT2D eigenvalue weighted by molar-refractivity contribution is 1.09. The Morgan fingerprint density at radius 3 is 1.72 bits per heavy atom. The zero-order chi connectivity index (χ0) is 37.0. The van der Waals surface area contributed by atoms with Gasteiger partial charge in [0.25, 0.3) is 0 Å². The van der Waals surface area contributed by atoms with Crippen LogP contribution >= 0.6 is 0 Å². The number of benzene rings is 8. The zero-order valence-electron chi connectivity index (χ0n) is 31.6. The minimum Gasteiger partial charge on any atom is -0.310 e. The summed E-state index contributed by atoms with van der Waals surface area (Å²) in [7, 11) is 0. The molecule has 0 aliphatic heterocycles. The normalized spacial score (nSPS) is 11.4. The lowest BCUT2D eigenvalue weighted by atomic mass is 9.96. The summed E-state index contributed by atoms with van der Waals surface area (Å²) in [5.74, 6) is 0. The highest BCUT2D eigenvalue weighted by Crippen LogP contribution is 2.45. The van der Waals surface area contributed by atoms with E-state index < -0.39 is 0 Å². The number of nitrogens with zero attached hydrogens (tertiary/aromatic N) is 2. The molecule has 9 aromatic rings. The maximum Gasteiger partial charge on any atom is 0.0625 e. The molecule has 0 aliphatic carbocycles. The summed E-state index contributed by atoms with van der Waals surface area (Å²) in [6.07, 6.45) is 6.61. The van der Waals surface area contributed by atoms with Crippen LogP contribution in [0.4, 0.5) is 17.1 Å². The van der Waals surface area contributed by atoms with E-state index in [0.29, 0.717) is 0 Å². The van der Waals surface area contributed by atoms with Crippen molar-refractivity contribution in [3.63, 3.8) is 0 Å². The molecule has 0 radical (unpaired) electrons. The number of rotatable bonds is 7. The van der Waals surface area contributed by atoms with Gasteiger partial charge in [-0.25, -0.2) is 0 Å². The molecule has 0 aliphatic rings. The van der Waals surface area contributed by atoms with E-state index in [1.54, 1.807) is 0 Å². The molecule has 0 fully saturated rings. The van der Waals surface area contributed by atoms with E-state index in [2.05, 4.69) is 219 Å². The fourth-order valence-corrected chi connectivity index (χ4v) is 7.91. The first-order chi connectivity index (χ1) is 26.6. The lowest BCUT2D eigenvalue weighted by Gasteiger charge is -2.26. The highest BCUT2D eigenvalue weighted by Gasteiger charge is 2.21. The average Bonchev–Trinajstić information content (AvgIpc) is 3.57. The Balaban J connectivity index is 0.00000134. The minimum absolute atomic E-state index is 1.02. The smallest absolute Gasteiger partial charge is 0.0625 e. The van der Waals surface area contributed by atoms with Crippen LogP contribution in [0.2, 0.25) is 0 Å². The van der Waals surface area contributed by atoms with Crippen LogP contribution in [-0.4, -0.2) is 4.57 Å². The van der Waals surface area contributed by atoms with Gasteiger partial charge in [-0.1, -0.05) is 149 Å². The van der Waals surface area contributed by atoms with Crippen molar-refractivity contribution in [2.24, 2.45) is 0 Å². The van der Waals surface area contributed by atoms with E-state index in [4.69, 9.17) is 0 Å². The first-order valence-corrected chi connectivity index (χ1v) is 19.3. The zero-order valence-corrected chi connectivity index (χ0v) is 31.6. The predicted octanol–water partition coefficient (Wildman–Crippen LogP) is 15.2. The first kappa shape index (κ1) is 34.7. The van der Waals surface area contributed by atoms with Gasteiger partial charge in [-0.05, 0) is 112 Å². The van der Waals surface area contributed by atoms with Crippen molar-refractivity contribution in [3.8, 4) is 16.8 Å². The average molecular weight is 699 g/mol. The van der Waals surface area contributed by atoms with Crippen molar-refractivity contribution in [1.82, 2.24) is 4.57 Å². The number of hydrogen-bond acceptors (Lipinski definition) is 1. The molecule has 8 aromatic carbocycles. The second-order valence-corrected chi connectivity index (χ2v) is 13.9. The third kappa shape index (κ3) is 6.24. The number of aromatic nitrogens is 1. The van der Waals surface area contributed by atoms with E-state index in [-0.39, 0.29) is 0 Å². The van der Waals surface area contributed by atoms with Gasteiger partial charge in [0, 0.05) is 38.9 Å². The number of hydrogen-bond donors (Lipinski definition) is 0. The van der Waals surface area contributed by atoms with Crippen LogP contribution in [0, 0.1) is 0 Å². The molecular weight excluding hydrogens is 653 g/mol. The van der Waals surface area contributed by atoms with Crippen LogP contribution < -0.4 is 4.90 Å². The van der Waals surface area contributed by atoms with Gasteiger partial charge >= 0.3 is 0 Å². The maximum atomic E-state index is 2.46. The Morgan fingerprint density at radius 1 is 0.500 bits per heavy atom. The van der Waals surface area contributed by atoms with Crippen molar-refractivity contribution in [3.05, 3.63) is 187 Å². The second-order valence-electron chi connectivity index (χ2n) is 13.9. The molecule has 2 heteroatoms. The second kappa shape index (κ2) is 15.3. The molecule has 0 bridgehead atoms. The summed E-state index contributed by atoms with van der Waals surface area (Å²) in [4.78, 5) is 2.38. The molecule has 0 unspecified atom stereocenters. The van der Waals surface area contributed by atoms with Crippen LogP contribution in [0.3, 0.4) is 0 Å². The van der Waals surface area contributed by atoms with E-state index in [9.17, 15) is 0 Å². The summed E-state index contributed by atoms with van der Waals surface area (Å²) < 4.78 is 2.46. The van der Waals surface area contributed by atoms with Gasteiger partial charge in [0.2, 0.25) is 0 Å². The molecule has 0 saturated heterocycles. The van der Waals surface area contributed by atoms with Gasteiger partial charge in [0.15, 0.2) is 0 Å². The maximum absolute atomic E-state index is 2.46. The van der Waals surface area contributed by atoms with Crippen molar-refractivity contribution in [2.75, 3.05) is 4.90 Å². The van der Waals surface area contributed by atoms with Crippen LogP contribution in [-0.2, 0) is 6.42 Å². The molecular formula is C52H46N2. The molecule has 1 heterocycles. The number of allylic oxidation sites excluding steroid dienone is 1. The molecule has 54 heavy (non-hydrogen) atoms. The summed E-state index contributed by atoms with van der Waals surface area (Å²) in [6, 6.07) is 62.0. The molecule has 0 spiro atoms. The molecule has 0 atom stereocenters. The topological polar surface area (TPSA) is 8.17 Å². The molecule has 264 valence electrons. The quantitative estimate of drug-likeness (QED) is 0.150. The number of aryl methyl sites for hydroxylation is 1. The first-order valence-electron chi connectivity index (χ1n) is 19.3. The highest BCUT2D eigenvalue weighted by molar-refractivity contribution is 6.32. The lowest BCUT2D eigenvalue weighted by Crippen LogP contribution is -2.09. The molecule has 9 rings (SSSR count). The Morgan fingerprint density at radius 2 is 1.06 bits per heavy atom. The van der Waals surface area contributed by atoms with E-state index in [1.165, 1.54) is 72.0 Å². The number of anilines is 3. The van der Waals surface area contributed by atoms with Crippen molar-refractivity contribution in [1.29, 1.82) is 0 Å². The molecule has 0 saturated carbocycles. The third-order valence-electron chi connectivity index (χ3n) is 10.2. The fraction of sp³-hybridized carbons (Fsp3) is 0.115. The molecule has 0 N–H and O–H groups in total. The highest BCUT2D eigenvalue weighted by atomic mass is 15.1. The third-order valence-corrected chi connectivity index (χ3v) is 10.2. The predicted molar refractivity (Wildman–Crippen MR) is 236 cm³/mol. The Kier molecular flexibility index (Phi) is 9.83. The largest absolute Gasteiger partial charge is 0.310 e. The van der Waals surface area contributed by atoms with Gasteiger partial charge in [-0.3, -0.25) is 0 Å². The standard InChI is InChI=1S/C49H38N2.C3H8/c1-3-15-36-32-37(25-24-34(36)4-2)35-26-28-40(29-27-35)50(38-16-7-5-8-17-38)41-30-31-47-46(33-41)48-44-22-13-11-20-42(44)43-21-12-14-23-45(43)49(48)51(47)39-18-9-6-10-19-39;1-3-2/h3,5-33H,4H2,1-2H3;3H2,1-2H3/b15-3-;. The number of fused-ring (bicyclic) bond motifs is 8. The van der Waals surface area contributed by atoms with Crippen molar-refractivity contribution < 1.29 is 0 Å². The van der Waals surface area contributed by atoms with E-state index in [0.717, 1.165) is 29.2 Å². The van der Waals surface area contributed by atoms with Gasteiger partial charge in [-0.2, -0.15) is 0 Å². The summed E-state index contributed by atoms with van der Waals surface area (Å²) in [6.45, 7) is 8.55. The molecule has 0 amide bonds. The van der Waals surface area contributed by atoms with Gasteiger partial charge in [-0.15, -0.1) is 0 Å². The number of para-hydroxylation sites is 2. The van der Waals surface area contributed by atoms with Gasteiger partial charge in [0.05, 0.1) is 11.0 Å². The summed E-state index contributed by atoms with van der Waals surface area (Å²) >= 11 is 0. The van der Waals surface area contributed by atoms with Crippen LogP contribution in [0.1, 0.15) is 45.2 Å². The SMILES string of the molecule is C/C=C\c1cc(-c2ccc(N(c3ccccc3)c3ccc4c(c3)c3c5ccccc5c5ccccc5c3n4-c3ccccc3)cc2)ccc1CC.CCC. The molecule has 1 aromatic heterocycles. The summed E-state index contributed by atoms with van der Waals surface area (Å²) in [5, 5.41) is 7.59. The van der Waals surface area contributed by atoms with Gasteiger partial charge in [0.1, 0.15) is 0 Å². The van der Waals surface area contributed by atoms with Crippen LogP contribution in [0.5, 0.6) is 0 Å². The Bertz CT molecular complexity index is 2740. The van der Waals surface area contributed by atoms with Crippen LogP contribution in [0.15, 0.2) is 176 Å². The van der Waals surface area contributed by atoms with Crippen molar-refractivity contribution >= 4 is 66.5 Å². The minimum atomic E-state index is 1.02. The monoisotopic (exact) mass is 698 g/mol. The Labute approximate surface area is 319 Å². The van der Waals surface area contributed by atoms with E-state index >= 15 is 0 Å². The van der Waals surface area contributed by atoms with E-state index in [1.807, 2.05) is 0 Å². The van der Waals surface area contributed by atoms with Crippen molar-refractivity contribution in [2.45, 2.75) is 40.5 Å². The van der Waals surface area contributed by atoms with Crippen LogP contribution in [0.25, 0.3) is 66.2 Å². The summed E-state index contributed by atoms with van der Waals surface area (Å²) in [5.41, 5.74) is 12.0. The molecule has 2 nitrogen and oxygen atoms in total. The van der Waals surface area contributed by atoms with Gasteiger partial charge < -0.3 is 9.47 Å². The Hall–Kier alpha value is -6.38. The fourth-order valence-electron chi connectivity index (χ4n) is 7.91.